The number of nitrogens with zero attached hydrogens (tertiary/aromatic N) is 4. The zero-order chi connectivity index (χ0) is 15.0. The molecule has 0 atom stereocenters. The first-order chi connectivity index (χ1) is 10.8. The number of hydrogen-bond donors (Lipinski definition) is 1. The summed E-state index contributed by atoms with van der Waals surface area (Å²) >= 11 is 0. The van der Waals surface area contributed by atoms with Gasteiger partial charge in [0.25, 0.3) is 0 Å². The van der Waals surface area contributed by atoms with Crippen molar-refractivity contribution in [3.63, 3.8) is 0 Å². The molecule has 2 aromatic rings. The summed E-state index contributed by atoms with van der Waals surface area (Å²) in [5, 5.41) is 11.9. The fourth-order valence-corrected chi connectivity index (χ4v) is 3.78. The smallest absolute Gasteiger partial charge is 0.223 e. The first kappa shape index (κ1) is 16.2. The van der Waals surface area contributed by atoms with Gasteiger partial charge in [0, 0.05) is 19.2 Å². The van der Waals surface area contributed by atoms with Gasteiger partial charge in [0.15, 0.2) is 11.5 Å². The average Bonchev–Trinajstić information content (AvgIpc) is 2.95. The molecule has 124 valence electrons. The normalized spacial score (nSPS) is 20.7. The number of carbonyl (C=O) groups excluding carboxylic acids is 1. The minimum atomic E-state index is 0. The van der Waals surface area contributed by atoms with E-state index in [2.05, 4.69) is 15.5 Å². The molecule has 2 aliphatic rings. The molecular formula is C16H22ClN5O. The van der Waals surface area contributed by atoms with Crippen molar-refractivity contribution in [3.8, 4) is 0 Å². The van der Waals surface area contributed by atoms with Gasteiger partial charge in [0.1, 0.15) is 0 Å². The van der Waals surface area contributed by atoms with Crippen molar-refractivity contribution in [2.75, 3.05) is 19.6 Å². The molecular weight excluding hydrogens is 314 g/mol. The maximum absolute atomic E-state index is 12.3. The summed E-state index contributed by atoms with van der Waals surface area (Å²) in [6.07, 6.45) is 5.98. The van der Waals surface area contributed by atoms with E-state index in [1.165, 1.54) is 0 Å². The third-order valence-corrected chi connectivity index (χ3v) is 5.13. The molecule has 0 radical (unpaired) electrons. The number of carbonyl (C=O) groups is 1. The Balaban J connectivity index is 0.00000156. The van der Waals surface area contributed by atoms with E-state index in [1.807, 2.05) is 33.7 Å². The lowest BCUT2D eigenvalue weighted by Gasteiger charge is -2.45. The molecule has 1 spiro atoms. The largest absolute Gasteiger partial charge is 0.335 e. The SMILES string of the molecule is Cl.O=C1CCC2(CCNCC2)CN1Cc1nnc2ccccn12. The van der Waals surface area contributed by atoms with E-state index >= 15 is 0 Å². The Morgan fingerprint density at radius 2 is 2.00 bits per heavy atom. The molecule has 4 rings (SSSR count). The van der Waals surface area contributed by atoms with Crippen LogP contribution in [0.15, 0.2) is 24.4 Å². The standard InChI is InChI=1S/C16H21N5O.ClH/c22-15-4-5-16(6-8-17-9-7-16)12-20(15)11-14-19-18-13-3-1-2-10-21(13)14;/h1-3,10,17H,4-9,11-12H2;1H. The van der Waals surface area contributed by atoms with Crippen LogP contribution < -0.4 is 5.32 Å². The number of amides is 1. The average molecular weight is 336 g/mol. The predicted molar refractivity (Wildman–Crippen MR) is 89.4 cm³/mol. The van der Waals surface area contributed by atoms with Crippen molar-refractivity contribution in [1.82, 2.24) is 24.8 Å². The van der Waals surface area contributed by atoms with E-state index in [9.17, 15) is 4.79 Å². The van der Waals surface area contributed by atoms with Crippen molar-refractivity contribution in [2.24, 2.45) is 5.41 Å². The number of hydrogen-bond acceptors (Lipinski definition) is 4. The zero-order valence-electron chi connectivity index (χ0n) is 13.1. The van der Waals surface area contributed by atoms with Crippen LogP contribution >= 0.6 is 12.4 Å². The first-order valence-corrected chi connectivity index (χ1v) is 8.03. The molecule has 0 aromatic carbocycles. The van der Waals surface area contributed by atoms with Gasteiger partial charge in [-0.15, -0.1) is 22.6 Å². The Bertz CT molecular complexity index is 695. The summed E-state index contributed by atoms with van der Waals surface area (Å²) in [4.78, 5) is 14.3. The summed E-state index contributed by atoms with van der Waals surface area (Å²) < 4.78 is 1.97. The quantitative estimate of drug-likeness (QED) is 0.906. The molecule has 2 saturated heterocycles. The van der Waals surface area contributed by atoms with Crippen LogP contribution in [0.3, 0.4) is 0 Å². The number of nitrogens with one attached hydrogen (secondary N) is 1. The second-order valence-corrected chi connectivity index (χ2v) is 6.54. The molecule has 7 heteroatoms. The molecule has 0 unspecified atom stereocenters. The number of halogens is 1. The van der Waals surface area contributed by atoms with Gasteiger partial charge < -0.3 is 10.2 Å². The van der Waals surface area contributed by atoms with Crippen LogP contribution in [-0.4, -0.2) is 45.0 Å². The zero-order valence-corrected chi connectivity index (χ0v) is 13.9. The third-order valence-electron chi connectivity index (χ3n) is 5.13. The second-order valence-electron chi connectivity index (χ2n) is 6.54. The van der Waals surface area contributed by atoms with Gasteiger partial charge in [0.05, 0.1) is 6.54 Å². The highest BCUT2D eigenvalue weighted by Crippen LogP contribution is 2.38. The highest BCUT2D eigenvalue weighted by molar-refractivity contribution is 5.85. The monoisotopic (exact) mass is 335 g/mol. The van der Waals surface area contributed by atoms with E-state index in [-0.39, 0.29) is 18.3 Å². The molecule has 1 N–H and O–H groups in total. The third kappa shape index (κ3) is 3.05. The van der Waals surface area contributed by atoms with E-state index in [0.717, 1.165) is 50.4 Å². The summed E-state index contributed by atoms with van der Waals surface area (Å²) in [7, 11) is 0. The van der Waals surface area contributed by atoms with Gasteiger partial charge in [-0.2, -0.15) is 0 Å². The number of rotatable bonds is 2. The predicted octanol–water partition coefficient (Wildman–Crippen LogP) is 1.64. The van der Waals surface area contributed by atoms with E-state index in [4.69, 9.17) is 0 Å². The van der Waals surface area contributed by atoms with Crippen molar-refractivity contribution in [1.29, 1.82) is 0 Å². The van der Waals surface area contributed by atoms with Crippen molar-refractivity contribution < 1.29 is 4.79 Å². The van der Waals surface area contributed by atoms with Gasteiger partial charge in [-0.1, -0.05) is 6.07 Å². The molecule has 0 bridgehead atoms. The molecule has 6 nitrogen and oxygen atoms in total. The highest BCUT2D eigenvalue weighted by atomic mass is 35.5. The van der Waals surface area contributed by atoms with Crippen LogP contribution in [-0.2, 0) is 11.3 Å². The van der Waals surface area contributed by atoms with Crippen LogP contribution in [0.2, 0.25) is 0 Å². The minimum Gasteiger partial charge on any atom is -0.335 e. The van der Waals surface area contributed by atoms with E-state index in [0.29, 0.717) is 18.4 Å². The summed E-state index contributed by atoms with van der Waals surface area (Å²) in [5.41, 5.74) is 1.14. The highest BCUT2D eigenvalue weighted by Gasteiger charge is 2.39. The first-order valence-electron chi connectivity index (χ1n) is 8.03. The van der Waals surface area contributed by atoms with Crippen molar-refractivity contribution in [2.45, 2.75) is 32.2 Å². The number of aromatic nitrogens is 3. The number of piperidine rings is 2. The molecule has 0 saturated carbocycles. The number of pyridine rings is 1. The fraction of sp³-hybridized carbons (Fsp3) is 0.562. The van der Waals surface area contributed by atoms with Gasteiger partial charge in [-0.25, -0.2) is 0 Å². The van der Waals surface area contributed by atoms with Gasteiger partial charge in [0.2, 0.25) is 5.91 Å². The van der Waals surface area contributed by atoms with Crippen molar-refractivity contribution >= 4 is 24.0 Å². The summed E-state index contributed by atoms with van der Waals surface area (Å²) in [6, 6.07) is 5.85. The lowest BCUT2D eigenvalue weighted by atomic mass is 9.73. The van der Waals surface area contributed by atoms with E-state index < -0.39 is 0 Å². The van der Waals surface area contributed by atoms with Gasteiger partial charge >= 0.3 is 0 Å². The Kier molecular flexibility index (Phi) is 4.55. The van der Waals surface area contributed by atoms with E-state index in [1.54, 1.807) is 0 Å². The lowest BCUT2D eigenvalue weighted by Crippen LogP contribution is -2.50. The molecule has 4 heterocycles. The topological polar surface area (TPSA) is 62.5 Å². The maximum atomic E-state index is 12.3. The Hall–Kier alpha value is -1.66. The van der Waals surface area contributed by atoms with Crippen molar-refractivity contribution in [3.05, 3.63) is 30.2 Å². The van der Waals surface area contributed by atoms with Crippen LogP contribution in [0.1, 0.15) is 31.5 Å². The Morgan fingerprint density at radius 1 is 1.17 bits per heavy atom. The minimum absolute atomic E-state index is 0. The van der Waals surface area contributed by atoms with Gasteiger partial charge in [-0.05, 0) is 49.9 Å². The van der Waals surface area contributed by atoms with Crippen LogP contribution in [0.5, 0.6) is 0 Å². The maximum Gasteiger partial charge on any atom is 0.223 e. The molecule has 2 fully saturated rings. The lowest BCUT2D eigenvalue weighted by molar-refractivity contribution is -0.139. The number of fused-ring (bicyclic) bond motifs is 1. The fourth-order valence-electron chi connectivity index (χ4n) is 3.78. The Labute approximate surface area is 141 Å². The second kappa shape index (κ2) is 6.45. The molecule has 2 aromatic heterocycles. The number of likely N-dealkylation sites (tertiary alicyclic amines) is 1. The van der Waals surface area contributed by atoms with Crippen LogP contribution in [0.25, 0.3) is 5.65 Å². The molecule has 2 aliphatic heterocycles. The Morgan fingerprint density at radius 3 is 2.83 bits per heavy atom. The van der Waals surface area contributed by atoms with Crippen LogP contribution in [0, 0.1) is 5.41 Å². The summed E-state index contributed by atoms with van der Waals surface area (Å²) in [6.45, 7) is 3.54. The summed E-state index contributed by atoms with van der Waals surface area (Å²) in [5.74, 6) is 1.09. The molecule has 0 aliphatic carbocycles. The molecule has 23 heavy (non-hydrogen) atoms. The van der Waals surface area contributed by atoms with Gasteiger partial charge in [-0.3, -0.25) is 9.20 Å². The van der Waals surface area contributed by atoms with Crippen LogP contribution in [0.4, 0.5) is 0 Å². The molecule has 1 amide bonds.